The molecule has 1 aliphatic carbocycles. The van der Waals surface area contributed by atoms with Gasteiger partial charge in [-0.1, -0.05) is 29.8 Å². The molecule has 31 heavy (non-hydrogen) atoms. The summed E-state index contributed by atoms with van der Waals surface area (Å²) in [6.45, 7) is 5.06. The second-order valence-electron chi connectivity index (χ2n) is 8.46. The van der Waals surface area contributed by atoms with Crippen molar-refractivity contribution in [3.63, 3.8) is 0 Å². The SMILES string of the molecule is CC(COCc1ccc2c(c1)CCC(CN1CC(C(=O)O)C1)=C2)Oc1ccc(F)cc1. The number of rotatable bonds is 9. The van der Waals surface area contributed by atoms with Gasteiger partial charge in [0.25, 0.3) is 0 Å². The molecule has 164 valence electrons. The van der Waals surface area contributed by atoms with Crippen molar-refractivity contribution in [3.05, 3.63) is 70.5 Å². The zero-order valence-corrected chi connectivity index (χ0v) is 17.7. The fourth-order valence-electron chi connectivity index (χ4n) is 4.08. The minimum absolute atomic E-state index is 0.129. The maximum Gasteiger partial charge on any atom is 0.309 e. The maximum absolute atomic E-state index is 13.0. The van der Waals surface area contributed by atoms with Crippen molar-refractivity contribution in [1.29, 1.82) is 0 Å². The predicted octanol–water partition coefficient (Wildman–Crippen LogP) is 4.16. The molecule has 1 saturated heterocycles. The first kappa shape index (κ1) is 21.5. The molecule has 1 unspecified atom stereocenters. The Labute approximate surface area is 182 Å². The highest BCUT2D eigenvalue weighted by Gasteiger charge is 2.32. The van der Waals surface area contributed by atoms with Crippen LogP contribution >= 0.6 is 0 Å². The van der Waals surface area contributed by atoms with E-state index in [0.29, 0.717) is 32.1 Å². The van der Waals surface area contributed by atoms with Gasteiger partial charge < -0.3 is 14.6 Å². The Morgan fingerprint density at radius 1 is 1.19 bits per heavy atom. The summed E-state index contributed by atoms with van der Waals surface area (Å²) in [6, 6.07) is 12.4. The van der Waals surface area contributed by atoms with Crippen LogP contribution in [0.15, 0.2) is 48.0 Å². The second-order valence-corrected chi connectivity index (χ2v) is 8.46. The second kappa shape index (κ2) is 9.62. The van der Waals surface area contributed by atoms with Crippen molar-refractivity contribution in [2.45, 2.75) is 32.5 Å². The molecular weight excluding hydrogens is 397 g/mol. The molecule has 6 heteroatoms. The van der Waals surface area contributed by atoms with E-state index in [1.165, 1.54) is 28.8 Å². The molecule has 0 aromatic heterocycles. The van der Waals surface area contributed by atoms with E-state index in [1.54, 1.807) is 12.1 Å². The first-order valence-corrected chi connectivity index (χ1v) is 10.7. The van der Waals surface area contributed by atoms with Crippen molar-refractivity contribution >= 4 is 12.0 Å². The van der Waals surface area contributed by atoms with Gasteiger partial charge in [-0.3, -0.25) is 9.69 Å². The highest BCUT2D eigenvalue weighted by atomic mass is 19.1. The number of nitrogens with zero attached hydrogens (tertiary/aromatic N) is 1. The molecule has 0 bridgehead atoms. The fourth-order valence-corrected chi connectivity index (χ4v) is 4.08. The van der Waals surface area contributed by atoms with Gasteiger partial charge in [-0.2, -0.15) is 0 Å². The van der Waals surface area contributed by atoms with Gasteiger partial charge in [0.2, 0.25) is 0 Å². The van der Waals surface area contributed by atoms with E-state index >= 15 is 0 Å². The van der Waals surface area contributed by atoms with Gasteiger partial charge in [-0.25, -0.2) is 4.39 Å². The Hall–Kier alpha value is -2.70. The number of ether oxygens (including phenoxy) is 2. The van der Waals surface area contributed by atoms with Gasteiger partial charge in [0, 0.05) is 19.6 Å². The first-order valence-electron chi connectivity index (χ1n) is 10.7. The average molecular weight is 426 g/mol. The zero-order chi connectivity index (χ0) is 21.8. The highest BCUT2D eigenvalue weighted by molar-refractivity contribution is 5.71. The molecule has 4 rings (SSSR count). The highest BCUT2D eigenvalue weighted by Crippen LogP contribution is 2.27. The molecule has 1 atom stereocenters. The lowest BCUT2D eigenvalue weighted by molar-refractivity contribution is -0.147. The lowest BCUT2D eigenvalue weighted by Crippen LogP contribution is -2.50. The number of carboxylic acids is 1. The predicted molar refractivity (Wildman–Crippen MR) is 116 cm³/mol. The van der Waals surface area contributed by atoms with Gasteiger partial charge in [-0.05, 0) is 60.7 Å². The normalized spacial score (nSPS) is 17.4. The van der Waals surface area contributed by atoms with Crippen molar-refractivity contribution in [3.8, 4) is 5.75 Å². The summed E-state index contributed by atoms with van der Waals surface area (Å²) < 4.78 is 24.5. The maximum atomic E-state index is 13.0. The van der Waals surface area contributed by atoms with E-state index in [2.05, 4.69) is 29.2 Å². The van der Waals surface area contributed by atoms with Crippen molar-refractivity contribution in [2.75, 3.05) is 26.2 Å². The summed E-state index contributed by atoms with van der Waals surface area (Å²) >= 11 is 0. The zero-order valence-electron chi connectivity index (χ0n) is 17.7. The molecule has 5 nitrogen and oxygen atoms in total. The summed E-state index contributed by atoms with van der Waals surface area (Å²) in [5.41, 5.74) is 5.07. The smallest absolute Gasteiger partial charge is 0.309 e. The van der Waals surface area contributed by atoms with Crippen LogP contribution in [0.1, 0.15) is 30.0 Å². The van der Waals surface area contributed by atoms with Crippen molar-refractivity contribution in [2.24, 2.45) is 5.92 Å². The van der Waals surface area contributed by atoms with Gasteiger partial charge in [0.1, 0.15) is 17.7 Å². The van der Waals surface area contributed by atoms with E-state index in [4.69, 9.17) is 14.6 Å². The minimum Gasteiger partial charge on any atom is -0.488 e. The van der Waals surface area contributed by atoms with Crippen LogP contribution in [0.2, 0.25) is 0 Å². The van der Waals surface area contributed by atoms with Crippen LogP contribution in [0.25, 0.3) is 6.08 Å². The van der Waals surface area contributed by atoms with Gasteiger partial charge >= 0.3 is 5.97 Å². The molecule has 2 aliphatic rings. The Morgan fingerprint density at radius 3 is 2.71 bits per heavy atom. The number of hydrogen-bond donors (Lipinski definition) is 1. The topological polar surface area (TPSA) is 59.0 Å². The molecule has 0 amide bonds. The number of halogens is 1. The van der Waals surface area contributed by atoms with Crippen LogP contribution in [0, 0.1) is 11.7 Å². The molecular formula is C25H28FNO4. The van der Waals surface area contributed by atoms with E-state index in [9.17, 15) is 9.18 Å². The van der Waals surface area contributed by atoms with Gasteiger partial charge in [0.15, 0.2) is 0 Å². The number of aliphatic carboxylic acids is 1. The third kappa shape index (κ3) is 5.71. The molecule has 0 saturated carbocycles. The third-order valence-corrected chi connectivity index (χ3v) is 5.79. The monoisotopic (exact) mass is 425 g/mol. The van der Waals surface area contributed by atoms with Crippen LogP contribution in [0.5, 0.6) is 5.75 Å². The summed E-state index contributed by atoms with van der Waals surface area (Å²) in [4.78, 5) is 13.2. The number of likely N-dealkylation sites (tertiary alicyclic amines) is 1. The number of hydrogen-bond acceptors (Lipinski definition) is 4. The standard InChI is InChI=1S/C25H28FNO4/c1-17(31-24-8-6-23(26)7-9-24)15-30-16-19-3-5-20-10-18(2-4-21(20)11-19)12-27-13-22(14-27)25(28)29/h3,5-11,17,22H,2,4,12-16H2,1H3,(H,28,29). The van der Waals surface area contributed by atoms with Crippen LogP contribution in [-0.2, 0) is 22.6 Å². The largest absolute Gasteiger partial charge is 0.488 e. The Balaban J connectivity index is 1.24. The van der Waals surface area contributed by atoms with Gasteiger partial charge in [0.05, 0.1) is 19.1 Å². The summed E-state index contributed by atoms with van der Waals surface area (Å²) in [7, 11) is 0. The average Bonchev–Trinajstić information content (AvgIpc) is 2.71. The quantitative estimate of drug-likeness (QED) is 0.654. The van der Waals surface area contributed by atoms with E-state index < -0.39 is 5.97 Å². The number of benzene rings is 2. The lowest BCUT2D eigenvalue weighted by Gasteiger charge is -2.37. The molecule has 0 radical (unpaired) electrons. The number of carbonyl (C=O) groups is 1. The van der Waals surface area contributed by atoms with E-state index in [1.807, 2.05) is 6.92 Å². The number of fused-ring (bicyclic) bond motifs is 1. The summed E-state index contributed by atoms with van der Waals surface area (Å²) in [5, 5.41) is 9.01. The minimum atomic E-state index is -0.689. The van der Waals surface area contributed by atoms with Crippen LogP contribution < -0.4 is 4.74 Å². The Kier molecular flexibility index (Phi) is 6.68. The van der Waals surface area contributed by atoms with Crippen LogP contribution in [0.3, 0.4) is 0 Å². The molecule has 1 N–H and O–H groups in total. The Morgan fingerprint density at radius 2 is 1.97 bits per heavy atom. The van der Waals surface area contributed by atoms with Crippen molar-refractivity contribution < 1.29 is 23.8 Å². The van der Waals surface area contributed by atoms with Crippen LogP contribution in [0.4, 0.5) is 4.39 Å². The molecule has 2 aromatic rings. The molecule has 1 fully saturated rings. The van der Waals surface area contributed by atoms with E-state index in [-0.39, 0.29) is 17.8 Å². The van der Waals surface area contributed by atoms with E-state index in [0.717, 1.165) is 24.9 Å². The molecule has 1 aliphatic heterocycles. The summed E-state index contributed by atoms with van der Waals surface area (Å²) in [5.74, 6) is -0.545. The van der Waals surface area contributed by atoms with Gasteiger partial charge in [-0.15, -0.1) is 0 Å². The third-order valence-electron chi connectivity index (χ3n) is 5.79. The summed E-state index contributed by atoms with van der Waals surface area (Å²) in [6.07, 6.45) is 4.12. The molecule has 0 spiro atoms. The molecule has 2 aromatic carbocycles. The Bertz CT molecular complexity index is 950. The first-order chi connectivity index (χ1) is 15.0. The lowest BCUT2D eigenvalue weighted by atomic mass is 9.89. The number of aryl methyl sites for hydroxylation is 1. The van der Waals surface area contributed by atoms with Crippen molar-refractivity contribution in [1.82, 2.24) is 4.90 Å². The molecule has 1 heterocycles. The van der Waals surface area contributed by atoms with Crippen LogP contribution in [-0.4, -0.2) is 48.3 Å². The number of carboxylic acid groups (broad SMARTS) is 1. The fraction of sp³-hybridized carbons (Fsp3) is 0.400.